The van der Waals surface area contributed by atoms with Crippen LogP contribution in [0.15, 0.2) is 34.5 Å². The number of hydrogen-bond donors (Lipinski definition) is 1. The Morgan fingerprint density at radius 3 is 2.70 bits per heavy atom. The number of aryl methyl sites for hydroxylation is 1. The minimum Gasteiger partial charge on any atom is -0.302 e. The highest BCUT2D eigenvalue weighted by Gasteiger charge is 2.16. The lowest BCUT2D eigenvalue weighted by Gasteiger charge is -2.10. The molecule has 0 aliphatic carbocycles. The van der Waals surface area contributed by atoms with Gasteiger partial charge < -0.3 is 5.32 Å². The number of hydrogen-bond acceptors (Lipinski definition) is 4. The summed E-state index contributed by atoms with van der Waals surface area (Å²) in [5.74, 6) is -0.0467. The van der Waals surface area contributed by atoms with Gasteiger partial charge in [0.15, 0.2) is 5.13 Å². The summed E-state index contributed by atoms with van der Waals surface area (Å²) in [6.07, 6.45) is 2.76. The molecule has 3 nitrogen and oxygen atoms in total. The maximum absolute atomic E-state index is 12.2. The van der Waals surface area contributed by atoms with Crippen molar-refractivity contribution < 1.29 is 4.79 Å². The first-order valence-electron chi connectivity index (χ1n) is 6.46. The lowest BCUT2D eigenvalue weighted by molar-refractivity contribution is -0.119. The molecule has 20 heavy (non-hydrogen) atoms. The topological polar surface area (TPSA) is 42.0 Å². The average Bonchev–Trinajstić information content (AvgIpc) is 2.79. The van der Waals surface area contributed by atoms with Crippen molar-refractivity contribution in [1.29, 1.82) is 0 Å². The molecular weight excluding hydrogens is 288 g/mol. The van der Waals surface area contributed by atoms with Crippen molar-refractivity contribution in [3.8, 4) is 0 Å². The summed E-state index contributed by atoms with van der Waals surface area (Å²) in [5.41, 5.74) is 2.16. The van der Waals surface area contributed by atoms with Crippen LogP contribution in [-0.2, 0) is 11.2 Å². The fourth-order valence-corrected chi connectivity index (χ4v) is 3.53. The second-order valence-electron chi connectivity index (χ2n) is 4.68. The van der Waals surface area contributed by atoms with E-state index < -0.39 is 0 Å². The van der Waals surface area contributed by atoms with Gasteiger partial charge in [-0.2, -0.15) is 0 Å². The first-order chi connectivity index (χ1) is 9.60. The van der Waals surface area contributed by atoms with Crippen LogP contribution in [0.2, 0.25) is 0 Å². The summed E-state index contributed by atoms with van der Waals surface area (Å²) in [6, 6.07) is 10.1. The van der Waals surface area contributed by atoms with Crippen molar-refractivity contribution in [2.75, 3.05) is 11.6 Å². The van der Waals surface area contributed by atoms with E-state index in [2.05, 4.69) is 10.3 Å². The van der Waals surface area contributed by atoms with Gasteiger partial charge in [0.25, 0.3) is 0 Å². The molecule has 0 radical (unpaired) electrons. The second-order valence-corrected chi connectivity index (χ2v) is 6.75. The molecular formula is C15H18N2OS2. The minimum absolute atomic E-state index is 0.0234. The standard InChI is InChI=1S/C15H18N2OS2/c1-10(9-12-7-5-4-6-8-12)13(18)17-15-16-11(2)14(19-3)20-15/h4-8,10H,9H2,1-3H3,(H,16,17,18). The second kappa shape index (κ2) is 6.90. The van der Waals surface area contributed by atoms with Crippen LogP contribution < -0.4 is 5.32 Å². The molecule has 0 bridgehead atoms. The predicted octanol–water partition coefficient (Wildman–Crippen LogP) is 3.99. The number of anilines is 1. The molecule has 2 aromatic rings. The zero-order chi connectivity index (χ0) is 14.5. The summed E-state index contributed by atoms with van der Waals surface area (Å²) in [4.78, 5) is 16.6. The molecule has 0 aliphatic heterocycles. The predicted molar refractivity (Wildman–Crippen MR) is 86.6 cm³/mol. The minimum atomic E-state index is -0.0701. The van der Waals surface area contributed by atoms with Gasteiger partial charge in [0, 0.05) is 5.92 Å². The van der Waals surface area contributed by atoms with Crippen LogP contribution in [0, 0.1) is 12.8 Å². The van der Waals surface area contributed by atoms with Crippen LogP contribution in [-0.4, -0.2) is 17.1 Å². The number of thiazole rings is 1. The highest BCUT2D eigenvalue weighted by molar-refractivity contribution is 8.00. The number of nitrogens with zero attached hydrogens (tertiary/aromatic N) is 1. The molecule has 106 valence electrons. The fraction of sp³-hybridized carbons (Fsp3) is 0.333. The van der Waals surface area contributed by atoms with E-state index in [0.717, 1.165) is 16.3 Å². The zero-order valence-corrected chi connectivity index (χ0v) is 13.5. The number of amides is 1. The third-order valence-electron chi connectivity index (χ3n) is 3.00. The summed E-state index contributed by atoms with van der Waals surface area (Å²) in [7, 11) is 0. The molecule has 1 heterocycles. The number of thioether (sulfide) groups is 1. The lowest BCUT2D eigenvalue weighted by Crippen LogP contribution is -2.22. The first-order valence-corrected chi connectivity index (χ1v) is 8.50. The Kier molecular flexibility index (Phi) is 5.20. The van der Waals surface area contributed by atoms with Gasteiger partial charge in [-0.05, 0) is 25.2 Å². The molecule has 0 saturated carbocycles. The number of nitrogens with one attached hydrogen (secondary N) is 1. The molecule has 1 unspecified atom stereocenters. The third-order valence-corrected chi connectivity index (χ3v) is 5.29. The lowest BCUT2D eigenvalue weighted by atomic mass is 10.0. The van der Waals surface area contributed by atoms with E-state index in [0.29, 0.717) is 5.13 Å². The summed E-state index contributed by atoms with van der Waals surface area (Å²) in [5, 5.41) is 3.60. The molecule has 1 amide bonds. The van der Waals surface area contributed by atoms with Crippen molar-refractivity contribution in [2.45, 2.75) is 24.5 Å². The van der Waals surface area contributed by atoms with E-state index >= 15 is 0 Å². The Hall–Kier alpha value is -1.33. The molecule has 0 saturated heterocycles. The Morgan fingerprint density at radius 1 is 1.40 bits per heavy atom. The summed E-state index contributed by atoms with van der Waals surface area (Å²) < 4.78 is 1.15. The monoisotopic (exact) mass is 306 g/mol. The van der Waals surface area contributed by atoms with Crippen molar-refractivity contribution >= 4 is 34.1 Å². The molecule has 0 fully saturated rings. The van der Waals surface area contributed by atoms with Crippen molar-refractivity contribution in [1.82, 2.24) is 4.98 Å². The maximum atomic E-state index is 12.2. The van der Waals surface area contributed by atoms with Crippen molar-refractivity contribution in [2.24, 2.45) is 5.92 Å². The number of benzene rings is 1. The van der Waals surface area contributed by atoms with Crippen LogP contribution in [0.3, 0.4) is 0 Å². The van der Waals surface area contributed by atoms with Crippen LogP contribution >= 0.6 is 23.1 Å². The van der Waals surface area contributed by atoms with Gasteiger partial charge in [-0.25, -0.2) is 4.98 Å². The summed E-state index contributed by atoms with van der Waals surface area (Å²) in [6.45, 7) is 3.91. The van der Waals surface area contributed by atoms with Crippen LogP contribution in [0.1, 0.15) is 18.2 Å². The van der Waals surface area contributed by atoms with Gasteiger partial charge in [-0.3, -0.25) is 4.79 Å². The van der Waals surface area contributed by atoms with Crippen LogP contribution in [0.25, 0.3) is 0 Å². The quantitative estimate of drug-likeness (QED) is 0.849. The molecule has 0 spiro atoms. The molecule has 5 heteroatoms. The van der Waals surface area contributed by atoms with Gasteiger partial charge in [0.05, 0.1) is 9.90 Å². The van der Waals surface area contributed by atoms with Gasteiger partial charge in [-0.1, -0.05) is 48.6 Å². The molecule has 1 aromatic carbocycles. The first kappa shape index (κ1) is 15.1. The SMILES string of the molecule is CSc1sc(NC(=O)C(C)Cc2ccccc2)nc1C. The summed E-state index contributed by atoms with van der Waals surface area (Å²) >= 11 is 3.19. The van der Waals surface area contributed by atoms with E-state index in [-0.39, 0.29) is 11.8 Å². The van der Waals surface area contributed by atoms with E-state index in [1.54, 1.807) is 11.8 Å². The van der Waals surface area contributed by atoms with Gasteiger partial charge in [0.1, 0.15) is 0 Å². The van der Waals surface area contributed by atoms with Gasteiger partial charge in [0.2, 0.25) is 5.91 Å². The highest BCUT2D eigenvalue weighted by atomic mass is 32.2. The van der Waals surface area contributed by atoms with Crippen molar-refractivity contribution in [3.05, 3.63) is 41.6 Å². The molecule has 0 aliphatic rings. The van der Waals surface area contributed by atoms with E-state index in [1.807, 2.05) is 50.4 Å². The molecule has 1 N–H and O–H groups in total. The number of carbonyl (C=O) groups excluding carboxylic acids is 1. The Balaban J connectivity index is 1.97. The molecule has 1 atom stereocenters. The normalized spacial score (nSPS) is 12.2. The third kappa shape index (κ3) is 3.84. The highest BCUT2D eigenvalue weighted by Crippen LogP contribution is 2.30. The Bertz CT molecular complexity index is 581. The van der Waals surface area contributed by atoms with Gasteiger partial charge >= 0.3 is 0 Å². The van der Waals surface area contributed by atoms with Crippen LogP contribution in [0.5, 0.6) is 0 Å². The molecule has 2 rings (SSSR count). The molecule has 1 aromatic heterocycles. The maximum Gasteiger partial charge on any atom is 0.229 e. The number of rotatable bonds is 5. The van der Waals surface area contributed by atoms with Crippen LogP contribution in [0.4, 0.5) is 5.13 Å². The van der Waals surface area contributed by atoms with E-state index in [1.165, 1.54) is 16.9 Å². The fourth-order valence-electron chi connectivity index (χ4n) is 1.91. The number of carbonyl (C=O) groups is 1. The zero-order valence-electron chi connectivity index (χ0n) is 11.8. The smallest absolute Gasteiger partial charge is 0.229 e. The van der Waals surface area contributed by atoms with E-state index in [9.17, 15) is 4.79 Å². The van der Waals surface area contributed by atoms with Gasteiger partial charge in [-0.15, -0.1) is 11.8 Å². The average molecular weight is 306 g/mol. The largest absolute Gasteiger partial charge is 0.302 e. The Labute approximate surface area is 127 Å². The van der Waals surface area contributed by atoms with E-state index in [4.69, 9.17) is 0 Å². The number of aromatic nitrogens is 1. The Morgan fingerprint density at radius 2 is 2.10 bits per heavy atom. The van der Waals surface area contributed by atoms with Crippen molar-refractivity contribution in [3.63, 3.8) is 0 Å².